The fourth-order valence-electron chi connectivity index (χ4n) is 0.405. The molecule has 0 fully saturated rings. The fraction of sp³-hybridized carbons (Fsp3) is 0.571. The molecule has 0 aliphatic carbocycles. The lowest BCUT2D eigenvalue weighted by Gasteiger charge is -1.97. The number of terminal acetylenes is 1. The molecular weight excluding hydrogens is 152 g/mol. The molecule has 3 heteroatoms. The minimum absolute atomic E-state index is 0.0567. The van der Waals surface area contributed by atoms with Crippen LogP contribution in [0.25, 0.3) is 0 Å². The topological polar surface area (TPSA) is 26.3 Å². The van der Waals surface area contributed by atoms with Crippen molar-refractivity contribution in [1.29, 1.82) is 0 Å². The van der Waals surface area contributed by atoms with Crippen LogP contribution in [0, 0.1) is 12.3 Å². The van der Waals surface area contributed by atoms with Crippen LogP contribution in [-0.2, 0) is 9.53 Å². The zero-order valence-corrected chi connectivity index (χ0v) is 6.36. The molecular formula is C7H9ClO2. The Bertz CT molecular complexity index is 137. The molecule has 2 nitrogen and oxygen atoms in total. The van der Waals surface area contributed by atoms with E-state index in [0.29, 0.717) is 18.7 Å². The number of carbonyl (C=O) groups excluding carboxylic acids is 1. The molecule has 56 valence electrons. The predicted molar refractivity (Wildman–Crippen MR) is 39.7 cm³/mol. The minimum atomic E-state index is -0.279. The first-order valence-corrected chi connectivity index (χ1v) is 3.49. The SMILES string of the molecule is C#CCOC(=O)CCCCl. The van der Waals surface area contributed by atoms with E-state index >= 15 is 0 Å². The number of ether oxygens (including phenoxy) is 1. The van der Waals surface area contributed by atoms with E-state index in [4.69, 9.17) is 18.0 Å². The Hall–Kier alpha value is -0.680. The van der Waals surface area contributed by atoms with E-state index in [-0.39, 0.29) is 12.6 Å². The van der Waals surface area contributed by atoms with Gasteiger partial charge in [-0.25, -0.2) is 0 Å². The lowest BCUT2D eigenvalue weighted by Crippen LogP contribution is -2.04. The maximum atomic E-state index is 10.6. The van der Waals surface area contributed by atoms with Crippen LogP contribution in [0.3, 0.4) is 0 Å². The normalized spacial score (nSPS) is 8.40. The number of alkyl halides is 1. The van der Waals surface area contributed by atoms with Gasteiger partial charge in [0.15, 0.2) is 6.61 Å². The summed E-state index contributed by atoms with van der Waals surface area (Å²) >= 11 is 5.33. The smallest absolute Gasteiger partial charge is 0.306 e. The van der Waals surface area contributed by atoms with Gasteiger partial charge in [-0.05, 0) is 6.42 Å². The average Bonchev–Trinajstić information content (AvgIpc) is 1.97. The summed E-state index contributed by atoms with van der Waals surface area (Å²) in [7, 11) is 0. The maximum absolute atomic E-state index is 10.6. The number of rotatable bonds is 4. The maximum Gasteiger partial charge on any atom is 0.306 e. The predicted octanol–water partition coefficient (Wildman–Crippen LogP) is 1.18. The second-order valence-electron chi connectivity index (χ2n) is 1.66. The van der Waals surface area contributed by atoms with Crippen LogP contribution >= 0.6 is 11.6 Å². The van der Waals surface area contributed by atoms with Crippen molar-refractivity contribution in [2.24, 2.45) is 0 Å². The van der Waals surface area contributed by atoms with E-state index in [1.165, 1.54) is 0 Å². The van der Waals surface area contributed by atoms with Gasteiger partial charge in [-0.15, -0.1) is 18.0 Å². The van der Waals surface area contributed by atoms with Crippen molar-refractivity contribution in [3.63, 3.8) is 0 Å². The molecule has 0 rings (SSSR count). The highest BCUT2D eigenvalue weighted by Gasteiger charge is 1.98. The Balaban J connectivity index is 3.19. The highest BCUT2D eigenvalue weighted by Crippen LogP contribution is 1.93. The highest BCUT2D eigenvalue weighted by atomic mass is 35.5. The van der Waals surface area contributed by atoms with Crippen molar-refractivity contribution in [1.82, 2.24) is 0 Å². The molecule has 0 heterocycles. The molecule has 10 heavy (non-hydrogen) atoms. The van der Waals surface area contributed by atoms with Crippen LogP contribution in [0.4, 0.5) is 0 Å². The second-order valence-corrected chi connectivity index (χ2v) is 2.04. The van der Waals surface area contributed by atoms with Gasteiger partial charge in [0.1, 0.15) is 0 Å². The van der Waals surface area contributed by atoms with Gasteiger partial charge in [-0.2, -0.15) is 0 Å². The quantitative estimate of drug-likeness (QED) is 0.351. The third-order valence-corrected chi connectivity index (χ3v) is 1.10. The zero-order valence-electron chi connectivity index (χ0n) is 5.60. The Kier molecular flexibility index (Phi) is 6.00. The molecule has 0 radical (unpaired) electrons. The first-order chi connectivity index (χ1) is 4.81. The average molecular weight is 161 g/mol. The summed E-state index contributed by atoms with van der Waals surface area (Å²) in [5.74, 6) is 2.40. The van der Waals surface area contributed by atoms with Gasteiger partial charge in [-0.1, -0.05) is 5.92 Å². The number of halogens is 1. The Morgan fingerprint density at radius 1 is 1.70 bits per heavy atom. The van der Waals surface area contributed by atoms with E-state index in [9.17, 15) is 4.79 Å². The summed E-state index contributed by atoms with van der Waals surface area (Å²) < 4.78 is 4.56. The van der Waals surface area contributed by atoms with E-state index in [1.54, 1.807) is 0 Å². The van der Waals surface area contributed by atoms with E-state index < -0.39 is 0 Å². The monoisotopic (exact) mass is 160 g/mol. The fourth-order valence-corrected chi connectivity index (χ4v) is 0.539. The standard InChI is InChI=1S/C7H9ClO2/c1-2-6-10-7(9)4-3-5-8/h1H,3-6H2. The third kappa shape index (κ3) is 5.46. The van der Waals surface area contributed by atoms with Crippen LogP contribution in [0.15, 0.2) is 0 Å². The third-order valence-electron chi connectivity index (χ3n) is 0.831. The lowest BCUT2D eigenvalue weighted by molar-refractivity contribution is -0.142. The molecule has 0 aromatic rings. The van der Waals surface area contributed by atoms with E-state index in [1.807, 2.05) is 0 Å². The van der Waals surface area contributed by atoms with Crippen molar-refractivity contribution >= 4 is 17.6 Å². The zero-order chi connectivity index (χ0) is 7.82. The largest absolute Gasteiger partial charge is 0.452 e. The highest BCUT2D eigenvalue weighted by molar-refractivity contribution is 6.17. The van der Waals surface area contributed by atoms with Crippen molar-refractivity contribution in [2.45, 2.75) is 12.8 Å². The van der Waals surface area contributed by atoms with Gasteiger partial charge in [0.25, 0.3) is 0 Å². The molecule has 0 spiro atoms. The Morgan fingerprint density at radius 3 is 2.90 bits per heavy atom. The van der Waals surface area contributed by atoms with Gasteiger partial charge in [0.05, 0.1) is 0 Å². The van der Waals surface area contributed by atoms with Gasteiger partial charge >= 0.3 is 5.97 Å². The van der Waals surface area contributed by atoms with Gasteiger partial charge in [-0.3, -0.25) is 4.79 Å². The number of hydrogen-bond donors (Lipinski definition) is 0. The van der Waals surface area contributed by atoms with Crippen molar-refractivity contribution in [3.05, 3.63) is 0 Å². The minimum Gasteiger partial charge on any atom is -0.452 e. The van der Waals surface area contributed by atoms with E-state index in [0.717, 1.165) is 0 Å². The van der Waals surface area contributed by atoms with Crippen LogP contribution in [-0.4, -0.2) is 18.5 Å². The van der Waals surface area contributed by atoms with Gasteiger partial charge in [0.2, 0.25) is 0 Å². The van der Waals surface area contributed by atoms with Gasteiger partial charge in [0, 0.05) is 12.3 Å². The number of esters is 1. The molecule has 0 atom stereocenters. The summed E-state index contributed by atoms with van der Waals surface area (Å²) in [5, 5.41) is 0. The molecule has 0 aliphatic heterocycles. The summed E-state index contributed by atoms with van der Waals surface area (Å²) in [4.78, 5) is 10.6. The lowest BCUT2D eigenvalue weighted by atomic mass is 10.3. The van der Waals surface area contributed by atoms with E-state index in [2.05, 4.69) is 10.7 Å². The molecule has 0 aromatic carbocycles. The first-order valence-electron chi connectivity index (χ1n) is 2.96. The van der Waals surface area contributed by atoms with Crippen LogP contribution < -0.4 is 0 Å². The summed E-state index contributed by atoms with van der Waals surface area (Å²) in [6.45, 7) is 0.0567. The molecule has 0 unspecified atom stereocenters. The Labute approximate surface area is 65.5 Å². The van der Waals surface area contributed by atoms with Gasteiger partial charge < -0.3 is 4.74 Å². The van der Waals surface area contributed by atoms with Crippen LogP contribution in [0.1, 0.15) is 12.8 Å². The summed E-state index contributed by atoms with van der Waals surface area (Å²) in [5.41, 5.74) is 0. The second kappa shape index (κ2) is 6.44. The number of carbonyl (C=O) groups is 1. The molecule has 0 saturated heterocycles. The van der Waals surface area contributed by atoms with Crippen molar-refractivity contribution in [2.75, 3.05) is 12.5 Å². The van der Waals surface area contributed by atoms with Crippen molar-refractivity contribution < 1.29 is 9.53 Å². The van der Waals surface area contributed by atoms with Crippen LogP contribution in [0.5, 0.6) is 0 Å². The molecule has 0 aliphatic rings. The Morgan fingerprint density at radius 2 is 2.40 bits per heavy atom. The van der Waals surface area contributed by atoms with Crippen LogP contribution in [0.2, 0.25) is 0 Å². The summed E-state index contributed by atoms with van der Waals surface area (Å²) in [6.07, 6.45) is 5.85. The first kappa shape index (κ1) is 9.32. The summed E-state index contributed by atoms with van der Waals surface area (Å²) in [6, 6.07) is 0. The molecule has 0 aromatic heterocycles. The molecule has 0 amide bonds. The van der Waals surface area contributed by atoms with Crippen molar-refractivity contribution in [3.8, 4) is 12.3 Å². The number of hydrogen-bond acceptors (Lipinski definition) is 2. The molecule has 0 N–H and O–H groups in total. The molecule has 0 bridgehead atoms. The molecule has 0 saturated carbocycles.